The number of hydrogen-bond acceptors (Lipinski definition) is 7. The number of nitrogens with zero attached hydrogens (tertiary/aromatic N) is 4. The molecule has 2 saturated heterocycles. The minimum Gasteiger partial charge on any atom is -0.508 e. The fourth-order valence-corrected chi connectivity index (χ4v) is 7.38. The molecule has 49 heavy (non-hydrogen) atoms. The Morgan fingerprint density at radius 3 is 2.43 bits per heavy atom. The summed E-state index contributed by atoms with van der Waals surface area (Å²) in [6.07, 6.45) is 4.27. The molecule has 0 aliphatic carbocycles. The van der Waals surface area contributed by atoms with Gasteiger partial charge in [-0.3, -0.25) is 19.4 Å². The van der Waals surface area contributed by atoms with E-state index in [0.717, 1.165) is 81.6 Å². The summed E-state index contributed by atoms with van der Waals surface area (Å²) in [6, 6.07) is 22.5. The number of unbranched alkanes of at least 4 members (excludes halogenated alkanes) is 2. The van der Waals surface area contributed by atoms with Crippen molar-refractivity contribution in [2.75, 3.05) is 52.4 Å². The molecule has 3 atom stereocenters. The smallest absolute Gasteiger partial charge is 0.305 e. The lowest BCUT2D eigenvalue weighted by atomic mass is 9.92. The summed E-state index contributed by atoms with van der Waals surface area (Å²) in [5, 5.41) is 10.5. The van der Waals surface area contributed by atoms with Crippen LogP contribution in [0, 0.1) is 5.82 Å². The van der Waals surface area contributed by atoms with Gasteiger partial charge in [0.25, 0.3) is 5.91 Å². The number of aromatic hydroxyl groups is 1. The van der Waals surface area contributed by atoms with Gasteiger partial charge in [-0.1, -0.05) is 42.8 Å². The van der Waals surface area contributed by atoms with E-state index in [1.807, 2.05) is 48.2 Å². The molecule has 5 rings (SSSR count). The molecule has 1 amide bonds. The predicted octanol–water partition coefficient (Wildman–Crippen LogP) is 6.49. The molecule has 9 heteroatoms. The average Bonchev–Trinajstić information content (AvgIpc) is 3.33. The third-order valence-corrected chi connectivity index (χ3v) is 9.94. The van der Waals surface area contributed by atoms with Crippen LogP contribution in [-0.4, -0.2) is 101 Å². The van der Waals surface area contributed by atoms with E-state index in [0.29, 0.717) is 31.7 Å². The highest BCUT2D eigenvalue weighted by Crippen LogP contribution is 2.35. The van der Waals surface area contributed by atoms with Gasteiger partial charge in [0.15, 0.2) is 0 Å². The second kappa shape index (κ2) is 17.7. The molecule has 0 bridgehead atoms. The lowest BCUT2D eigenvalue weighted by molar-refractivity contribution is -0.143. The molecule has 3 aromatic carbocycles. The van der Waals surface area contributed by atoms with Crippen LogP contribution in [0.4, 0.5) is 4.39 Å². The predicted molar refractivity (Wildman–Crippen MR) is 191 cm³/mol. The van der Waals surface area contributed by atoms with Crippen molar-refractivity contribution in [2.24, 2.45) is 0 Å². The van der Waals surface area contributed by atoms with Gasteiger partial charge in [-0.05, 0) is 106 Å². The van der Waals surface area contributed by atoms with Crippen molar-refractivity contribution in [2.45, 2.75) is 77.5 Å². The average molecular weight is 673 g/mol. The number of hydrogen-bond donors (Lipinski definition) is 1. The SMILES string of the molecule is CCOC(=O)CCCCCN1CCCN(C(=O)c2cccc([C@H](c3cccc(O)c3)N3C[C@@H](C)N(Cc4cccc(F)c4)C[C@@H]3C)c2)CC1. The van der Waals surface area contributed by atoms with Gasteiger partial charge in [0.05, 0.1) is 12.6 Å². The first-order chi connectivity index (χ1) is 23.7. The molecule has 0 spiro atoms. The highest BCUT2D eigenvalue weighted by atomic mass is 19.1. The molecule has 0 saturated carbocycles. The molecular formula is C40H53FN4O4. The Bertz CT molecular complexity index is 1540. The quantitative estimate of drug-likeness (QED) is 0.164. The Labute approximate surface area is 291 Å². The number of benzene rings is 3. The molecule has 1 N–H and O–H groups in total. The lowest BCUT2D eigenvalue weighted by Crippen LogP contribution is -2.56. The molecule has 264 valence electrons. The van der Waals surface area contributed by atoms with Crippen LogP contribution in [0.1, 0.15) is 86.0 Å². The summed E-state index contributed by atoms with van der Waals surface area (Å²) in [4.78, 5) is 34.9. The zero-order valence-electron chi connectivity index (χ0n) is 29.4. The van der Waals surface area contributed by atoms with Crippen molar-refractivity contribution in [3.8, 4) is 5.75 Å². The van der Waals surface area contributed by atoms with Crippen LogP contribution in [0.25, 0.3) is 0 Å². The number of esters is 1. The van der Waals surface area contributed by atoms with E-state index in [9.17, 15) is 19.1 Å². The number of halogens is 1. The van der Waals surface area contributed by atoms with E-state index in [-0.39, 0.29) is 41.6 Å². The molecule has 2 aliphatic heterocycles. The number of amides is 1. The Hall–Kier alpha value is -3.79. The molecule has 2 aliphatic rings. The Morgan fingerprint density at radius 1 is 0.878 bits per heavy atom. The van der Waals surface area contributed by atoms with Crippen molar-refractivity contribution >= 4 is 11.9 Å². The standard InChI is InChI=1S/C40H53FN4O4/c1-4-49-38(47)18-6-5-7-19-42-20-11-21-43(23-22-42)40(48)35-15-9-13-33(25-35)39(34-14-10-17-37(46)26-34)45-28-30(2)44(27-31(45)3)29-32-12-8-16-36(41)24-32/h8-10,12-17,24-26,30-31,39,46H,4-7,11,18-23,27-29H2,1-3H3/t30-,31+,39-/m1/s1. The molecule has 0 radical (unpaired) electrons. The van der Waals surface area contributed by atoms with Gasteiger partial charge in [-0.15, -0.1) is 0 Å². The number of carbonyl (C=O) groups excluding carboxylic acids is 2. The summed E-state index contributed by atoms with van der Waals surface area (Å²) in [5.74, 6) is -0.0671. The summed E-state index contributed by atoms with van der Waals surface area (Å²) in [6.45, 7) is 13.1. The first kappa shape index (κ1) is 36.5. The highest BCUT2D eigenvalue weighted by Gasteiger charge is 2.35. The van der Waals surface area contributed by atoms with Crippen molar-refractivity contribution in [3.63, 3.8) is 0 Å². The number of phenolic OH excluding ortho intramolecular Hbond substituents is 1. The zero-order chi connectivity index (χ0) is 34.8. The van der Waals surface area contributed by atoms with Crippen molar-refractivity contribution < 1.29 is 23.8 Å². The normalized spacial score (nSPS) is 20.1. The van der Waals surface area contributed by atoms with Gasteiger partial charge in [0.2, 0.25) is 0 Å². The van der Waals surface area contributed by atoms with Gasteiger partial charge >= 0.3 is 5.97 Å². The second-order valence-corrected chi connectivity index (χ2v) is 13.7. The maximum atomic E-state index is 14.0. The van der Waals surface area contributed by atoms with Crippen LogP contribution in [0.2, 0.25) is 0 Å². The lowest BCUT2D eigenvalue weighted by Gasteiger charge is -2.47. The summed E-state index contributed by atoms with van der Waals surface area (Å²) < 4.78 is 19.0. The first-order valence-corrected chi connectivity index (χ1v) is 18.0. The van der Waals surface area contributed by atoms with Crippen molar-refractivity contribution in [1.29, 1.82) is 0 Å². The van der Waals surface area contributed by atoms with Crippen LogP contribution >= 0.6 is 0 Å². The maximum absolute atomic E-state index is 14.0. The largest absolute Gasteiger partial charge is 0.508 e. The van der Waals surface area contributed by atoms with Crippen molar-refractivity contribution in [3.05, 3.63) is 101 Å². The Balaban J connectivity index is 1.26. The number of phenols is 1. The van der Waals surface area contributed by atoms with Crippen LogP contribution in [0.15, 0.2) is 72.8 Å². The van der Waals surface area contributed by atoms with E-state index >= 15 is 0 Å². The number of rotatable bonds is 13. The van der Waals surface area contributed by atoms with Gasteiger partial charge in [0.1, 0.15) is 11.6 Å². The van der Waals surface area contributed by atoms with E-state index in [4.69, 9.17) is 4.74 Å². The molecule has 0 aromatic heterocycles. The fraction of sp³-hybridized carbons (Fsp3) is 0.500. The Kier molecular flexibility index (Phi) is 13.2. The van der Waals surface area contributed by atoms with E-state index in [1.54, 1.807) is 18.2 Å². The molecular weight excluding hydrogens is 619 g/mol. The van der Waals surface area contributed by atoms with Gasteiger partial charge < -0.3 is 19.6 Å². The van der Waals surface area contributed by atoms with Crippen LogP contribution in [0.5, 0.6) is 5.75 Å². The van der Waals surface area contributed by atoms with E-state index in [1.165, 1.54) is 6.07 Å². The number of carbonyl (C=O) groups is 2. The third kappa shape index (κ3) is 10.1. The molecule has 8 nitrogen and oxygen atoms in total. The van der Waals surface area contributed by atoms with Crippen LogP contribution in [0.3, 0.4) is 0 Å². The minimum absolute atomic E-state index is 0.0501. The monoisotopic (exact) mass is 672 g/mol. The number of piperazine rings is 1. The minimum atomic E-state index is -0.216. The maximum Gasteiger partial charge on any atom is 0.305 e. The molecule has 2 heterocycles. The van der Waals surface area contributed by atoms with Crippen LogP contribution in [-0.2, 0) is 16.1 Å². The zero-order valence-corrected chi connectivity index (χ0v) is 29.4. The number of ether oxygens (including phenoxy) is 1. The van der Waals surface area contributed by atoms with E-state index < -0.39 is 0 Å². The molecule has 0 unspecified atom stereocenters. The van der Waals surface area contributed by atoms with E-state index in [2.05, 4.69) is 40.7 Å². The van der Waals surface area contributed by atoms with Crippen LogP contribution < -0.4 is 0 Å². The topological polar surface area (TPSA) is 76.6 Å². The Morgan fingerprint density at radius 2 is 1.65 bits per heavy atom. The fourth-order valence-electron chi connectivity index (χ4n) is 7.38. The highest BCUT2D eigenvalue weighted by molar-refractivity contribution is 5.94. The summed E-state index contributed by atoms with van der Waals surface area (Å²) in [5.41, 5.74) is 3.65. The second-order valence-electron chi connectivity index (χ2n) is 13.7. The summed E-state index contributed by atoms with van der Waals surface area (Å²) in [7, 11) is 0. The van der Waals surface area contributed by atoms with Crippen molar-refractivity contribution in [1.82, 2.24) is 19.6 Å². The van der Waals surface area contributed by atoms with Gasteiger partial charge in [0, 0.05) is 63.3 Å². The first-order valence-electron chi connectivity index (χ1n) is 18.0. The molecule has 3 aromatic rings. The van der Waals surface area contributed by atoms with Gasteiger partial charge in [-0.25, -0.2) is 4.39 Å². The summed E-state index contributed by atoms with van der Waals surface area (Å²) >= 11 is 0. The third-order valence-electron chi connectivity index (χ3n) is 9.94. The van der Waals surface area contributed by atoms with Gasteiger partial charge in [-0.2, -0.15) is 0 Å². The molecule has 2 fully saturated rings.